The number of rotatable bonds is 5. The number of carboxylic acid groups (broad SMARTS) is 1. The summed E-state index contributed by atoms with van der Waals surface area (Å²) in [6.45, 7) is 1.71. The maximum absolute atomic E-state index is 13.1. The summed E-state index contributed by atoms with van der Waals surface area (Å²) >= 11 is 0. The summed E-state index contributed by atoms with van der Waals surface area (Å²) < 4.78 is 13.1. The van der Waals surface area contributed by atoms with Gasteiger partial charge in [0.25, 0.3) is 0 Å². The topological polar surface area (TPSA) is 69.6 Å². The SMILES string of the molecule is Cc1cc(NC(=O)N(CC(=O)O)CC2CC2)ccc1F. The molecule has 2 N–H and O–H groups in total. The zero-order valence-electron chi connectivity index (χ0n) is 11.2. The number of aryl methyl sites for hydroxylation is 1. The maximum atomic E-state index is 13.1. The van der Waals surface area contributed by atoms with Gasteiger partial charge in [-0.15, -0.1) is 0 Å². The van der Waals surface area contributed by atoms with Crippen molar-refractivity contribution in [3.05, 3.63) is 29.6 Å². The highest BCUT2D eigenvalue weighted by Gasteiger charge is 2.28. The number of carbonyl (C=O) groups is 2. The Morgan fingerprint density at radius 2 is 2.15 bits per heavy atom. The van der Waals surface area contributed by atoms with Crippen LogP contribution in [-0.2, 0) is 4.79 Å². The number of benzene rings is 1. The number of hydrogen-bond donors (Lipinski definition) is 2. The van der Waals surface area contributed by atoms with Gasteiger partial charge < -0.3 is 15.3 Å². The van der Waals surface area contributed by atoms with Gasteiger partial charge in [-0.25, -0.2) is 9.18 Å². The Bertz CT molecular complexity index is 529. The van der Waals surface area contributed by atoms with Crippen LogP contribution < -0.4 is 5.32 Å². The molecule has 0 unspecified atom stereocenters. The van der Waals surface area contributed by atoms with Crippen LogP contribution in [0.15, 0.2) is 18.2 Å². The minimum absolute atomic E-state index is 0.331. The molecule has 0 aromatic heterocycles. The molecule has 1 aliphatic rings. The minimum Gasteiger partial charge on any atom is -0.480 e. The molecule has 6 heteroatoms. The molecule has 20 heavy (non-hydrogen) atoms. The molecule has 2 rings (SSSR count). The van der Waals surface area contributed by atoms with Crippen molar-refractivity contribution in [2.24, 2.45) is 5.92 Å². The Hall–Kier alpha value is -2.11. The van der Waals surface area contributed by atoms with Gasteiger partial charge in [0.1, 0.15) is 12.4 Å². The molecule has 2 amide bonds. The van der Waals surface area contributed by atoms with Gasteiger partial charge in [-0.2, -0.15) is 0 Å². The zero-order valence-corrected chi connectivity index (χ0v) is 11.2. The van der Waals surface area contributed by atoms with Gasteiger partial charge in [-0.1, -0.05) is 0 Å². The van der Waals surface area contributed by atoms with Crippen molar-refractivity contribution < 1.29 is 19.1 Å². The molecular weight excluding hydrogens is 263 g/mol. The van der Waals surface area contributed by atoms with Crippen LogP contribution in [0.1, 0.15) is 18.4 Å². The van der Waals surface area contributed by atoms with Crippen molar-refractivity contribution in [1.82, 2.24) is 4.90 Å². The summed E-state index contributed by atoms with van der Waals surface area (Å²) in [5, 5.41) is 11.4. The molecule has 0 bridgehead atoms. The van der Waals surface area contributed by atoms with Crippen LogP contribution in [0.3, 0.4) is 0 Å². The summed E-state index contributed by atoms with van der Waals surface area (Å²) in [6, 6.07) is 3.78. The van der Waals surface area contributed by atoms with E-state index in [-0.39, 0.29) is 12.4 Å². The van der Waals surface area contributed by atoms with Crippen LogP contribution in [0.5, 0.6) is 0 Å². The summed E-state index contributed by atoms with van der Waals surface area (Å²) in [6.07, 6.45) is 2.05. The lowest BCUT2D eigenvalue weighted by atomic mass is 10.2. The van der Waals surface area contributed by atoms with Gasteiger partial charge in [-0.05, 0) is 49.4 Å². The van der Waals surface area contributed by atoms with E-state index in [0.29, 0.717) is 23.7 Å². The number of hydrogen-bond acceptors (Lipinski definition) is 2. The summed E-state index contributed by atoms with van der Waals surface area (Å²) in [5.74, 6) is -0.991. The van der Waals surface area contributed by atoms with E-state index in [0.717, 1.165) is 12.8 Å². The van der Waals surface area contributed by atoms with Crippen LogP contribution in [0.2, 0.25) is 0 Å². The standard InChI is InChI=1S/C14H17FN2O3/c1-9-6-11(4-5-12(9)15)16-14(20)17(8-13(18)19)7-10-2-3-10/h4-6,10H,2-3,7-8H2,1H3,(H,16,20)(H,18,19). The van der Waals surface area contributed by atoms with Gasteiger partial charge in [0.2, 0.25) is 0 Å². The molecule has 5 nitrogen and oxygen atoms in total. The first-order chi connectivity index (χ1) is 9.45. The Labute approximate surface area is 116 Å². The molecule has 0 saturated heterocycles. The number of amides is 2. The quantitative estimate of drug-likeness (QED) is 0.870. The molecular formula is C14H17FN2O3. The summed E-state index contributed by atoms with van der Waals surface area (Å²) in [5.41, 5.74) is 0.884. The molecule has 0 atom stereocenters. The van der Waals surface area contributed by atoms with E-state index >= 15 is 0 Å². The minimum atomic E-state index is -1.05. The second-order valence-electron chi connectivity index (χ2n) is 5.11. The molecule has 0 heterocycles. The van der Waals surface area contributed by atoms with Crippen molar-refractivity contribution in [3.8, 4) is 0 Å². The highest BCUT2D eigenvalue weighted by molar-refractivity contribution is 5.91. The first kappa shape index (κ1) is 14.3. The molecule has 1 aromatic rings. The normalized spacial score (nSPS) is 13.9. The average molecular weight is 280 g/mol. The third-order valence-corrected chi connectivity index (χ3v) is 3.20. The van der Waals surface area contributed by atoms with E-state index in [1.807, 2.05) is 0 Å². The van der Waals surface area contributed by atoms with Gasteiger partial charge in [0.15, 0.2) is 0 Å². The Kier molecular flexibility index (Phi) is 4.22. The highest BCUT2D eigenvalue weighted by Crippen LogP contribution is 2.29. The Morgan fingerprint density at radius 3 is 2.70 bits per heavy atom. The van der Waals surface area contributed by atoms with Crippen molar-refractivity contribution in [3.63, 3.8) is 0 Å². The second-order valence-corrected chi connectivity index (χ2v) is 5.11. The first-order valence-corrected chi connectivity index (χ1v) is 6.49. The molecule has 108 valence electrons. The van der Waals surface area contributed by atoms with E-state index < -0.39 is 12.0 Å². The predicted octanol–water partition coefficient (Wildman–Crippen LogP) is 2.46. The molecule has 1 fully saturated rings. The Balaban J connectivity index is 2.02. The van der Waals surface area contributed by atoms with E-state index in [1.165, 1.54) is 23.1 Å². The number of carboxylic acids is 1. The van der Waals surface area contributed by atoms with E-state index in [1.54, 1.807) is 6.92 Å². The van der Waals surface area contributed by atoms with E-state index in [9.17, 15) is 14.0 Å². The van der Waals surface area contributed by atoms with Gasteiger partial charge in [0.05, 0.1) is 0 Å². The van der Waals surface area contributed by atoms with Crippen LogP contribution in [0.25, 0.3) is 0 Å². The third-order valence-electron chi connectivity index (χ3n) is 3.20. The number of nitrogens with zero attached hydrogens (tertiary/aromatic N) is 1. The van der Waals surface area contributed by atoms with Crippen LogP contribution in [0.4, 0.5) is 14.9 Å². The average Bonchev–Trinajstić information content (AvgIpc) is 3.16. The van der Waals surface area contributed by atoms with Crippen molar-refractivity contribution in [1.29, 1.82) is 0 Å². The molecule has 1 aromatic carbocycles. The zero-order chi connectivity index (χ0) is 14.7. The lowest BCUT2D eigenvalue weighted by molar-refractivity contribution is -0.137. The number of carbonyl (C=O) groups excluding carboxylic acids is 1. The largest absolute Gasteiger partial charge is 0.480 e. The molecule has 0 radical (unpaired) electrons. The lowest BCUT2D eigenvalue weighted by Gasteiger charge is -2.21. The van der Waals surface area contributed by atoms with Gasteiger partial charge >= 0.3 is 12.0 Å². The number of urea groups is 1. The molecule has 1 aliphatic carbocycles. The fourth-order valence-corrected chi connectivity index (χ4v) is 1.92. The van der Waals surface area contributed by atoms with Crippen LogP contribution in [0, 0.1) is 18.7 Å². The van der Waals surface area contributed by atoms with E-state index in [2.05, 4.69) is 5.32 Å². The smallest absolute Gasteiger partial charge is 0.323 e. The summed E-state index contributed by atoms with van der Waals surface area (Å²) in [4.78, 5) is 24.1. The first-order valence-electron chi connectivity index (χ1n) is 6.49. The number of nitrogens with one attached hydrogen (secondary N) is 1. The highest BCUT2D eigenvalue weighted by atomic mass is 19.1. The second kappa shape index (κ2) is 5.90. The summed E-state index contributed by atoms with van der Waals surface area (Å²) in [7, 11) is 0. The van der Waals surface area contributed by atoms with Gasteiger partial charge in [-0.3, -0.25) is 4.79 Å². The van der Waals surface area contributed by atoms with Crippen molar-refractivity contribution in [2.75, 3.05) is 18.4 Å². The fraction of sp³-hybridized carbons (Fsp3) is 0.429. The predicted molar refractivity (Wildman–Crippen MR) is 72.1 cm³/mol. The number of halogens is 1. The third kappa shape index (κ3) is 3.94. The Morgan fingerprint density at radius 1 is 1.45 bits per heavy atom. The molecule has 1 saturated carbocycles. The maximum Gasteiger partial charge on any atom is 0.323 e. The molecule has 0 aliphatic heterocycles. The fourth-order valence-electron chi connectivity index (χ4n) is 1.92. The van der Waals surface area contributed by atoms with Crippen LogP contribution >= 0.6 is 0 Å². The molecule has 0 spiro atoms. The van der Waals surface area contributed by atoms with Crippen molar-refractivity contribution >= 4 is 17.7 Å². The van der Waals surface area contributed by atoms with Crippen molar-refractivity contribution in [2.45, 2.75) is 19.8 Å². The lowest BCUT2D eigenvalue weighted by Crippen LogP contribution is -2.40. The number of aliphatic carboxylic acids is 1. The number of anilines is 1. The van der Waals surface area contributed by atoms with E-state index in [4.69, 9.17) is 5.11 Å². The monoisotopic (exact) mass is 280 g/mol. The van der Waals surface area contributed by atoms with Gasteiger partial charge in [0, 0.05) is 12.2 Å². The van der Waals surface area contributed by atoms with Crippen LogP contribution in [-0.4, -0.2) is 35.1 Å².